The molecule has 0 bridgehead atoms. The van der Waals surface area contributed by atoms with Gasteiger partial charge >= 0.3 is 0 Å². The highest BCUT2D eigenvalue weighted by atomic mass is 35.5. The number of hydrogen-bond donors (Lipinski definition) is 1. The predicted molar refractivity (Wildman–Crippen MR) is 105 cm³/mol. The lowest BCUT2D eigenvalue weighted by molar-refractivity contribution is -0.144. The number of rotatable bonds is 5. The van der Waals surface area contributed by atoms with Gasteiger partial charge in [0.1, 0.15) is 0 Å². The maximum Gasteiger partial charge on any atom is 0.230 e. The number of benzene rings is 1. The van der Waals surface area contributed by atoms with Gasteiger partial charge in [-0.25, -0.2) is 0 Å². The van der Waals surface area contributed by atoms with Crippen LogP contribution in [0.3, 0.4) is 0 Å². The molecule has 2 aliphatic heterocycles. The minimum atomic E-state index is -0.0992. The number of halogens is 1. The first kappa shape index (κ1) is 19.7. The third-order valence-corrected chi connectivity index (χ3v) is 6.50. The fourth-order valence-electron chi connectivity index (χ4n) is 5.05. The van der Waals surface area contributed by atoms with Gasteiger partial charge in [0.15, 0.2) is 0 Å². The molecule has 4 rings (SSSR count). The predicted octanol–water partition coefficient (Wildman–Crippen LogP) is 3.25. The number of carbonyl (C=O) groups excluding carboxylic acids is 1. The van der Waals surface area contributed by atoms with Crippen LogP contribution < -0.4 is 5.32 Å². The van der Waals surface area contributed by atoms with E-state index in [1.165, 1.54) is 24.8 Å². The minimum Gasteiger partial charge on any atom is -0.376 e. The van der Waals surface area contributed by atoms with Gasteiger partial charge in [-0.2, -0.15) is 0 Å². The summed E-state index contributed by atoms with van der Waals surface area (Å²) in [5.41, 5.74) is 1.12. The van der Waals surface area contributed by atoms with Gasteiger partial charge in [0.25, 0.3) is 0 Å². The first-order valence-corrected chi connectivity index (χ1v) is 9.90. The van der Waals surface area contributed by atoms with Crippen LogP contribution in [-0.2, 0) is 16.1 Å². The van der Waals surface area contributed by atoms with Crippen molar-refractivity contribution in [1.29, 1.82) is 0 Å². The fraction of sp³-hybridized carbons (Fsp3) is 0.667. The van der Waals surface area contributed by atoms with Crippen LogP contribution in [0.5, 0.6) is 0 Å². The highest BCUT2D eigenvalue weighted by Crippen LogP contribution is 2.45. The van der Waals surface area contributed by atoms with Crippen molar-refractivity contribution >= 4 is 18.3 Å². The van der Waals surface area contributed by atoms with E-state index in [4.69, 9.17) is 4.74 Å². The van der Waals surface area contributed by atoms with Crippen LogP contribution in [0.4, 0.5) is 0 Å². The van der Waals surface area contributed by atoms with Crippen LogP contribution in [-0.4, -0.2) is 43.6 Å². The third kappa shape index (κ3) is 3.92. The van der Waals surface area contributed by atoms with Crippen LogP contribution in [0.25, 0.3) is 0 Å². The lowest BCUT2D eigenvalue weighted by Crippen LogP contribution is -2.49. The first-order valence-electron chi connectivity index (χ1n) is 9.90. The second kappa shape index (κ2) is 8.73. The Morgan fingerprint density at radius 1 is 1.23 bits per heavy atom. The normalized spacial score (nSPS) is 30.7. The van der Waals surface area contributed by atoms with Crippen LogP contribution in [0.15, 0.2) is 30.3 Å². The summed E-state index contributed by atoms with van der Waals surface area (Å²) in [6.07, 6.45) is 5.87. The number of amides is 1. The Morgan fingerprint density at radius 3 is 2.92 bits per heavy atom. The molecule has 1 saturated carbocycles. The van der Waals surface area contributed by atoms with Gasteiger partial charge in [-0.3, -0.25) is 4.79 Å². The zero-order valence-electron chi connectivity index (χ0n) is 15.5. The molecule has 1 aromatic carbocycles. The SMILES string of the molecule is Cl.O=C(N1CCC(COCc2ccccc2)C1)[C@@]12CCCC[C@H]1CNC2. The number of likely N-dealkylation sites (tertiary alicyclic amines) is 1. The first-order chi connectivity index (χ1) is 12.3. The number of ether oxygens (including phenoxy) is 1. The molecule has 5 heteroatoms. The van der Waals surface area contributed by atoms with Crippen LogP contribution in [0, 0.1) is 17.3 Å². The van der Waals surface area contributed by atoms with Gasteiger partial charge in [-0.05, 0) is 37.3 Å². The van der Waals surface area contributed by atoms with Gasteiger partial charge < -0.3 is 15.0 Å². The Kier molecular flexibility index (Phi) is 6.60. The van der Waals surface area contributed by atoms with E-state index in [2.05, 4.69) is 22.3 Å². The summed E-state index contributed by atoms with van der Waals surface area (Å²) in [6, 6.07) is 10.3. The highest BCUT2D eigenvalue weighted by molar-refractivity contribution is 5.85. The quantitative estimate of drug-likeness (QED) is 0.855. The van der Waals surface area contributed by atoms with E-state index in [0.29, 0.717) is 24.3 Å². The van der Waals surface area contributed by atoms with Crippen molar-refractivity contribution in [2.45, 2.75) is 38.7 Å². The molecule has 2 saturated heterocycles. The fourth-order valence-corrected chi connectivity index (χ4v) is 5.05. The average molecular weight is 379 g/mol. The molecular weight excluding hydrogens is 348 g/mol. The third-order valence-electron chi connectivity index (χ3n) is 6.50. The van der Waals surface area contributed by atoms with Gasteiger partial charge in [0.2, 0.25) is 5.91 Å². The molecule has 144 valence electrons. The maximum atomic E-state index is 13.3. The van der Waals surface area contributed by atoms with E-state index >= 15 is 0 Å². The second-order valence-electron chi connectivity index (χ2n) is 8.14. The van der Waals surface area contributed by atoms with Gasteiger partial charge in [0.05, 0.1) is 18.6 Å². The summed E-state index contributed by atoms with van der Waals surface area (Å²) < 4.78 is 5.91. The van der Waals surface area contributed by atoms with E-state index in [-0.39, 0.29) is 17.8 Å². The Hall–Kier alpha value is -1.10. The Balaban J connectivity index is 0.00000196. The van der Waals surface area contributed by atoms with Crippen molar-refractivity contribution in [3.8, 4) is 0 Å². The molecule has 0 radical (unpaired) electrons. The summed E-state index contributed by atoms with van der Waals surface area (Å²) in [4.78, 5) is 15.4. The molecule has 1 unspecified atom stereocenters. The number of fused-ring (bicyclic) bond motifs is 1. The summed E-state index contributed by atoms with van der Waals surface area (Å²) in [5, 5.41) is 3.50. The molecule has 3 fully saturated rings. The second-order valence-corrected chi connectivity index (χ2v) is 8.14. The Bertz CT molecular complexity index is 597. The topological polar surface area (TPSA) is 41.6 Å². The molecule has 2 heterocycles. The summed E-state index contributed by atoms with van der Waals surface area (Å²) in [5.74, 6) is 1.47. The number of hydrogen-bond acceptors (Lipinski definition) is 3. The van der Waals surface area contributed by atoms with Crippen molar-refractivity contribution in [2.75, 3.05) is 32.8 Å². The average Bonchev–Trinajstić information content (AvgIpc) is 3.29. The van der Waals surface area contributed by atoms with Crippen molar-refractivity contribution in [3.05, 3.63) is 35.9 Å². The largest absolute Gasteiger partial charge is 0.376 e. The zero-order valence-corrected chi connectivity index (χ0v) is 16.3. The van der Waals surface area contributed by atoms with Crippen molar-refractivity contribution in [3.63, 3.8) is 0 Å². The smallest absolute Gasteiger partial charge is 0.230 e. The standard InChI is InChI=1S/C21H30N2O2.ClH/c24-20(21-10-5-4-8-19(21)12-22-16-21)23-11-9-18(13-23)15-25-14-17-6-2-1-3-7-17;/h1-3,6-7,18-19,22H,4-5,8-16H2;1H/t18?,19-,21+;/m0./s1. The monoisotopic (exact) mass is 378 g/mol. The zero-order chi connectivity index (χ0) is 17.1. The highest BCUT2D eigenvalue weighted by Gasteiger charge is 2.52. The lowest BCUT2D eigenvalue weighted by atomic mass is 9.67. The van der Waals surface area contributed by atoms with Crippen LogP contribution in [0.1, 0.15) is 37.7 Å². The van der Waals surface area contributed by atoms with Crippen LogP contribution >= 0.6 is 12.4 Å². The molecule has 0 aromatic heterocycles. The van der Waals surface area contributed by atoms with E-state index in [1.807, 2.05) is 18.2 Å². The molecule has 1 amide bonds. The van der Waals surface area contributed by atoms with Gasteiger partial charge in [-0.1, -0.05) is 43.2 Å². The molecule has 0 spiro atoms. The number of nitrogens with zero attached hydrogens (tertiary/aromatic N) is 1. The Labute approximate surface area is 163 Å². The summed E-state index contributed by atoms with van der Waals surface area (Å²) in [7, 11) is 0. The van der Waals surface area contributed by atoms with Gasteiger partial charge in [0, 0.05) is 25.6 Å². The van der Waals surface area contributed by atoms with Crippen LogP contribution in [0.2, 0.25) is 0 Å². The molecule has 1 aromatic rings. The van der Waals surface area contributed by atoms with Crippen molar-refractivity contribution in [2.24, 2.45) is 17.3 Å². The Morgan fingerprint density at radius 2 is 2.08 bits per heavy atom. The molecular formula is C21H31ClN2O2. The van der Waals surface area contributed by atoms with Crippen molar-refractivity contribution in [1.82, 2.24) is 10.2 Å². The van der Waals surface area contributed by atoms with Crippen molar-refractivity contribution < 1.29 is 9.53 Å². The molecule has 3 aliphatic rings. The molecule has 3 atom stereocenters. The number of carbonyl (C=O) groups is 1. The van der Waals surface area contributed by atoms with E-state index in [1.54, 1.807) is 0 Å². The van der Waals surface area contributed by atoms with E-state index in [0.717, 1.165) is 45.6 Å². The van der Waals surface area contributed by atoms with Gasteiger partial charge in [-0.15, -0.1) is 12.4 Å². The summed E-state index contributed by atoms with van der Waals surface area (Å²) >= 11 is 0. The minimum absolute atomic E-state index is 0. The maximum absolute atomic E-state index is 13.3. The molecule has 26 heavy (non-hydrogen) atoms. The van der Waals surface area contributed by atoms with E-state index in [9.17, 15) is 4.79 Å². The lowest BCUT2D eigenvalue weighted by Gasteiger charge is -2.39. The molecule has 1 N–H and O–H groups in total. The number of nitrogens with one attached hydrogen (secondary N) is 1. The molecule has 1 aliphatic carbocycles. The summed E-state index contributed by atoms with van der Waals surface area (Å²) in [6.45, 7) is 5.13. The molecule has 4 nitrogen and oxygen atoms in total. The van der Waals surface area contributed by atoms with E-state index < -0.39 is 0 Å².